The summed E-state index contributed by atoms with van der Waals surface area (Å²) in [5.41, 5.74) is 1.48. The first-order valence-electron chi connectivity index (χ1n) is 11.8. The summed E-state index contributed by atoms with van der Waals surface area (Å²) in [6, 6.07) is 10.7. The first-order valence-corrected chi connectivity index (χ1v) is 12.2. The van der Waals surface area contributed by atoms with Crippen molar-refractivity contribution < 1.29 is 18.0 Å². The molecule has 2 heterocycles. The van der Waals surface area contributed by atoms with E-state index >= 15 is 0 Å². The van der Waals surface area contributed by atoms with E-state index in [1.54, 1.807) is 10.9 Å². The third-order valence-corrected chi connectivity index (χ3v) is 6.94. The number of aromatic nitrogens is 2. The highest BCUT2D eigenvalue weighted by Gasteiger charge is 2.36. The van der Waals surface area contributed by atoms with Crippen molar-refractivity contribution in [1.82, 2.24) is 20.0 Å². The summed E-state index contributed by atoms with van der Waals surface area (Å²) in [4.78, 5) is 15.6. The molecule has 1 saturated heterocycles. The lowest BCUT2D eigenvalue weighted by molar-refractivity contribution is -0.137. The standard InChI is InChI=1S/C27H28ClF3N4O/c1-3-13-35-14-5-4-12-23(35)25(19-9-6-8-18(15-19)20-16-32-34(2)17-20)33-26(36)21-10-7-11-22(24(21)28)27(29,30)31/h3,6-11,15-17,23,25H,1,4-5,12-14H2,2H3,(H,33,36)/t23-,25?/m0/s1. The fourth-order valence-corrected chi connectivity index (χ4v) is 5.13. The van der Waals surface area contributed by atoms with Gasteiger partial charge in [-0.05, 0) is 48.7 Å². The third kappa shape index (κ3) is 5.65. The van der Waals surface area contributed by atoms with Gasteiger partial charge in [-0.3, -0.25) is 14.4 Å². The predicted octanol–water partition coefficient (Wildman–Crippen LogP) is 6.27. The predicted molar refractivity (Wildman–Crippen MR) is 135 cm³/mol. The first kappa shape index (κ1) is 26.0. The second-order valence-electron chi connectivity index (χ2n) is 8.99. The van der Waals surface area contributed by atoms with E-state index < -0.39 is 28.7 Å². The van der Waals surface area contributed by atoms with Gasteiger partial charge in [-0.2, -0.15) is 18.3 Å². The summed E-state index contributed by atoms with van der Waals surface area (Å²) < 4.78 is 42.0. The molecule has 9 heteroatoms. The van der Waals surface area contributed by atoms with Gasteiger partial charge in [0.1, 0.15) is 0 Å². The summed E-state index contributed by atoms with van der Waals surface area (Å²) >= 11 is 6.08. The van der Waals surface area contributed by atoms with Gasteiger partial charge in [-0.25, -0.2) is 0 Å². The number of nitrogens with one attached hydrogen (secondary N) is 1. The van der Waals surface area contributed by atoms with Crippen molar-refractivity contribution in [2.45, 2.75) is 37.5 Å². The molecule has 1 aliphatic rings. The largest absolute Gasteiger partial charge is 0.417 e. The van der Waals surface area contributed by atoms with E-state index in [0.29, 0.717) is 6.54 Å². The molecule has 0 bridgehead atoms. The molecule has 2 atom stereocenters. The number of carbonyl (C=O) groups is 1. The number of hydrogen-bond acceptors (Lipinski definition) is 3. The molecule has 0 aliphatic carbocycles. The molecule has 0 spiro atoms. The van der Waals surface area contributed by atoms with Crippen molar-refractivity contribution >= 4 is 17.5 Å². The molecule has 1 aliphatic heterocycles. The van der Waals surface area contributed by atoms with Crippen LogP contribution < -0.4 is 5.32 Å². The number of aryl methyl sites for hydroxylation is 1. The Morgan fingerprint density at radius 3 is 2.72 bits per heavy atom. The zero-order chi connectivity index (χ0) is 25.9. The molecule has 3 aromatic rings. The normalized spacial score (nSPS) is 17.5. The van der Waals surface area contributed by atoms with Gasteiger partial charge in [-0.15, -0.1) is 6.58 Å². The maximum absolute atomic E-state index is 13.4. The molecule has 1 fully saturated rings. The number of nitrogens with zero attached hydrogens (tertiary/aromatic N) is 3. The maximum atomic E-state index is 13.4. The molecular formula is C27H28ClF3N4O. The van der Waals surface area contributed by atoms with Crippen LogP contribution in [0.2, 0.25) is 5.02 Å². The minimum absolute atomic E-state index is 0.0607. The van der Waals surface area contributed by atoms with Gasteiger partial charge in [0, 0.05) is 31.4 Å². The van der Waals surface area contributed by atoms with E-state index in [1.807, 2.05) is 43.6 Å². The number of halogens is 4. The second kappa shape index (κ2) is 10.9. The molecule has 0 saturated carbocycles. The number of hydrogen-bond donors (Lipinski definition) is 1. The van der Waals surface area contributed by atoms with Crippen LogP contribution in [0.15, 0.2) is 67.5 Å². The van der Waals surface area contributed by atoms with Gasteiger partial charge in [0.25, 0.3) is 5.91 Å². The zero-order valence-electron chi connectivity index (χ0n) is 19.9. The Morgan fingerprint density at radius 1 is 1.25 bits per heavy atom. The van der Waals surface area contributed by atoms with Gasteiger partial charge >= 0.3 is 6.18 Å². The SMILES string of the molecule is C=CCN1CCCC[C@H]1C(NC(=O)c1cccc(C(F)(F)F)c1Cl)c1cccc(-c2cnn(C)c2)c1. The molecule has 1 unspecified atom stereocenters. The zero-order valence-corrected chi connectivity index (χ0v) is 20.7. The quantitative estimate of drug-likeness (QED) is 0.376. The smallest absolute Gasteiger partial charge is 0.344 e. The van der Waals surface area contributed by atoms with E-state index in [4.69, 9.17) is 11.6 Å². The van der Waals surface area contributed by atoms with E-state index in [1.165, 1.54) is 12.1 Å². The van der Waals surface area contributed by atoms with E-state index in [0.717, 1.165) is 48.6 Å². The minimum Gasteiger partial charge on any atom is -0.344 e. The van der Waals surface area contributed by atoms with Crippen molar-refractivity contribution in [3.8, 4) is 11.1 Å². The summed E-state index contributed by atoms with van der Waals surface area (Å²) in [7, 11) is 1.84. The van der Waals surface area contributed by atoms with Gasteiger partial charge in [0.15, 0.2) is 0 Å². The molecular weight excluding hydrogens is 489 g/mol. The molecule has 36 heavy (non-hydrogen) atoms. The fourth-order valence-electron chi connectivity index (χ4n) is 4.82. The Kier molecular flexibility index (Phi) is 7.85. The second-order valence-corrected chi connectivity index (χ2v) is 9.37. The molecule has 0 radical (unpaired) electrons. The maximum Gasteiger partial charge on any atom is 0.417 e. The fraction of sp³-hybridized carbons (Fsp3) is 0.333. The van der Waals surface area contributed by atoms with E-state index in [2.05, 4.69) is 21.9 Å². The Hall–Kier alpha value is -3.10. The van der Waals surface area contributed by atoms with Gasteiger partial charge in [0.2, 0.25) is 0 Å². The molecule has 1 amide bonds. The number of benzene rings is 2. The summed E-state index contributed by atoms with van der Waals surface area (Å²) in [5, 5.41) is 6.66. The molecule has 5 nitrogen and oxygen atoms in total. The molecule has 2 aromatic carbocycles. The highest BCUT2D eigenvalue weighted by atomic mass is 35.5. The number of likely N-dealkylation sites (tertiary alicyclic amines) is 1. The lowest BCUT2D eigenvalue weighted by Crippen LogP contribution is -2.48. The Labute approximate surface area is 213 Å². The topological polar surface area (TPSA) is 50.2 Å². The molecule has 4 rings (SSSR count). The van der Waals surface area contributed by atoms with Crippen LogP contribution in [0, 0.1) is 0 Å². The van der Waals surface area contributed by atoms with Crippen LogP contribution in [0.5, 0.6) is 0 Å². The van der Waals surface area contributed by atoms with Crippen molar-refractivity contribution in [2.24, 2.45) is 7.05 Å². The van der Waals surface area contributed by atoms with Crippen LogP contribution >= 0.6 is 11.6 Å². The third-order valence-electron chi connectivity index (χ3n) is 6.53. The van der Waals surface area contributed by atoms with Crippen molar-refractivity contribution in [1.29, 1.82) is 0 Å². The number of alkyl halides is 3. The van der Waals surface area contributed by atoms with Gasteiger partial charge in [0.05, 0.1) is 28.4 Å². The summed E-state index contributed by atoms with van der Waals surface area (Å²) in [6.07, 6.45) is 3.67. The number of carbonyl (C=O) groups excluding carboxylic acids is 1. The van der Waals surface area contributed by atoms with E-state index in [9.17, 15) is 18.0 Å². The lowest BCUT2D eigenvalue weighted by Gasteiger charge is -2.40. The van der Waals surface area contributed by atoms with Gasteiger partial charge in [-0.1, -0.05) is 48.4 Å². The number of piperidine rings is 1. The molecule has 1 aromatic heterocycles. The molecule has 1 N–H and O–H groups in total. The first-order chi connectivity index (χ1) is 17.2. The average Bonchev–Trinajstić information content (AvgIpc) is 3.29. The number of amides is 1. The van der Waals surface area contributed by atoms with Crippen molar-refractivity contribution in [2.75, 3.05) is 13.1 Å². The minimum atomic E-state index is -4.66. The number of rotatable bonds is 7. The Bertz CT molecular complexity index is 1240. The van der Waals surface area contributed by atoms with E-state index in [-0.39, 0.29) is 11.6 Å². The highest BCUT2D eigenvalue weighted by molar-refractivity contribution is 6.34. The van der Waals surface area contributed by atoms with Crippen LogP contribution in [0.4, 0.5) is 13.2 Å². The Morgan fingerprint density at radius 2 is 2.03 bits per heavy atom. The highest BCUT2D eigenvalue weighted by Crippen LogP contribution is 2.37. The summed E-state index contributed by atoms with van der Waals surface area (Å²) in [6.45, 7) is 5.35. The van der Waals surface area contributed by atoms with Crippen LogP contribution in [0.3, 0.4) is 0 Å². The average molecular weight is 517 g/mol. The Balaban J connectivity index is 1.73. The van der Waals surface area contributed by atoms with Crippen LogP contribution in [0.25, 0.3) is 11.1 Å². The lowest BCUT2D eigenvalue weighted by atomic mass is 9.89. The van der Waals surface area contributed by atoms with Gasteiger partial charge < -0.3 is 5.32 Å². The van der Waals surface area contributed by atoms with Crippen LogP contribution in [0.1, 0.15) is 46.8 Å². The summed E-state index contributed by atoms with van der Waals surface area (Å²) in [5.74, 6) is -0.646. The molecule has 190 valence electrons. The van der Waals surface area contributed by atoms with Crippen LogP contribution in [-0.4, -0.2) is 39.7 Å². The monoisotopic (exact) mass is 516 g/mol. The van der Waals surface area contributed by atoms with Crippen LogP contribution in [-0.2, 0) is 13.2 Å². The van der Waals surface area contributed by atoms with Crippen molar-refractivity contribution in [3.05, 3.63) is 89.2 Å². The van der Waals surface area contributed by atoms with Crippen molar-refractivity contribution in [3.63, 3.8) is 0 Å².